The van der Waals surface area contributed by atoms with Gasteiger partial charge in [0.15, 0.2) is 0 Å². The summed E-state index contributed by atoms with van der Waals surface area (Å²) in [4.78, 5) is 10.8. The Bertz CT molecular complexity index is 325. The lowest BCUT2D eigenvalue weighted by atomic mass is 9.93. The summed E-state index contributed by atoms with van der Waals surface area (Å²) in [6, 6.07) is 8.55. The van der Waals surface area contributed by atoms with Gasteiger partial charge >= 0.3 is 0 Å². The Labute approximate surface area is 98.1 Å². The van der Waals surface area contributed by atoms with Gasteiger partial charge < -0.3 is 5.32 Å². The molecule has 0 aromatic heterocycles. The predicted molar refractivity (Wildman–Crippen MR) is 67.3 cm³/mol. The van der Waals surface area contributed by atoms with E-state index in [0.29, 0.717) is 12.5 Å². The minimum atomic E-state index is 0.0177. The highest BCUT2D eigenvalue weighted by Gasteiger charge is 2.06. The topological polar surface area (TPSA) is 29.1 Å². The predicted octanol–water partition coefficient (Wildman–Crippen LogP) is 3.23. The van der Waals surface area contributed by atoms with Gasteiger partial charge in [-0.2, -0.15) is 0 Å². The lowest BCUT2D eigenvalue weighted by Gasteiger charge is -2.13. The van der Waals surface area contributed by atoms with Crippen LogP contribution < -0.4 is 5.32 Å². The van der Waals surface area contributed by atoms with E-state index in [0.717, 1.165) is 5.56 Å². The van der Waals surface area contributed by atoms with Crippen LogP contribution >= 0.6 is 0 Å². The van der Waals surface area contributed by atoms with Gasteiger partial charge in [-0.25, -0.2) is 0 Å². The molecule has 0 radical (unpaired) electrons. The fourth-order valence-electron chi connectivity index (χ4n) is 1.89. The van der Waals surface area contributed by atoms with Gasteiger partial charge in [-0.3, -0.25) is 4.79 Å². The molecule has 0 fully saturated rings. The molecule has 1 aromatic carbocycles. The normalized spacial score (nSPS) is 10.5. The molecule has 2 heteroatoms. The minimum Gasteiger partial charge on any atom is -0.352 e. The summed E-state index contributed by atoms with van der Waals surface area (Å²) in [5.41, 5.74) is 2.56. The number of hydrogen-bond acceptors (Lipinski definition) is 1. The van der Waals surface area contributed by atoms with Gasteiger partial charge in [-0.05, 0) is 29.9 Å². The summed E-state index contributed by atoms with van der Waals surface area (Å²) < 4.78 is 0. The highest BCUT2D eigenvalue weighted by molar-refractivity contribution is 5.72. The highest BCUT2D eigenvalue weighted by atomic mass is 16.1. The van der Waals surface area contributed by atoms with Crippen LogP contribution in [0.2, 0.25) is 0 Å². The molecule has 1 amide bonds. The molecule has 2 nitrogen and oxygen atoms in total. The van der Waals surface area contributed by atoms with Crippen molar-refractivity contribution in [3.05, 3.63) is 35.4 Å². The third-order valence-electron chi connectivity index (χ3n) is 2.98. The molecule has 0 spiro atoms. The van der Waals surface area contributed by atoms with Gasteiger partial charge in [0.05, 0.1) is 0 Å². The van der Waals surface area contributed by atoms with Crippen molar-refractivity contribution in [3.8, 4) is 0 Å². The van der Waals surface area contributed by atoms with Crippen LogP contribution in [0.5, 0.6) is 0 Å². The van der Waals surface area contributed by atoms with E-state index in [-0.39, 0.29) is 5.91 Å². The molecular formula is C14H21NO. The number of nitrogens with one attached hydrogen (secondary N) is 1. The molecule has 88 valence electrons. The quantitative estimate of drug-likeness (QED) is 0.809. The summed E-state index contributed by atoms with van der Waals surface area (Å²) in [5, 5.41) is 2.80. The standard InChI is InChI=1S/C14H21NO/c1-4-13(5-2)14-8-6-12(7-9-14)10-15-11(3)16/h6-9,13H,4-5,10H2,1-3H3,(H,15,16). The van der Waals surface area contributed by atoms with Crippen LogP contribution in [0, 0.1) is 0 Å². The Kier molecular flexibility index (Phi) is 5.03. The van der Waals surface area contributed by atoms with Crippen molar-refractivity contribution in [2.24, 2.45) is 0 Å². The summed E-state index contributed by atoms with van der Waals surface area (Å²) >= 11 is 0. The third-order valence-corrected chi connectivity index (χ3v) is 2.98. The molecule has 0 saturated heterocycles. The maximum Gasteiger partial charge on any atom is 0.217 e. The zero-order valence-corrected chi connectivity index (χ0v) is 10.4. The van der Waals surface area contributed by atoms with Crippen molar-refractivity contribution in [1.82, 2.24) is 5.32 Å². The number of carbonyl (C=O) groups excluding carboxylic acids is 1. The SMILES string of the molecule is CCC(CC)c1ccc(CNC(C)=O)cc1. The van der Waals surface area contributed by atoms with Gasteiger partial charge in [0.2, 0.25) is 5.91 Å². The number of rotatable bonds is 5. The maximum absolute atomic E-state index is 10.8. The smallest absolute Gasteiger partial charge is 0.217 e. The molecule has 0 aliphatic carbocycles. The van der Waals surface area contributed by atoms with Crippen LogP contribution in [0.1, 0.15) is 50.7 Å². The van der Waals surface area contributed by atoms with Crippen molar-refractivity contribution >= 4 is 5.91 Å². The lowest BCUT2D eigenvalue weighted by molar-refractivity contribution is -0.119. The first kappa shape index (κ1) is 12.8. The van der Waals surface area contributed by atoms with Gasteiger partial charge in [0.25, 0.3) is 0 Å². The first-order chi connectivity index (χ1) is 7.67. The fraction of sp³-hybridized carbons (Fsp3) is 0.500. The fourth-order valence-corrected chi connectivity index (χ4v) is 1.89. The maximum atomic E-state index is 10.8. The second kappa shape index (κ2) is 6.31. The van der Waals surface area contributed by atoms with Crippen LogP contribution in [0.25, 0.3) is 0 Å². The minimum absolute atomic E-state index is 0.0177. The van der Waals surface area contributed by atoms with Crippen molar-refractivity contribution in [1.29, 1.82) is 0 Å². The number of carbonyl (C=O) groups is 1. The Morgan fingerprint density at radius 2 is 1.75 bits per heavy atom. The molecule has 0 atom stereocenters. The average molecular weight is 219 g/mol. The van der Waals surface area contributed by atoms with E-state index >= 15 is 0 Å². The van der Waals surface area contributed by atoms with Crippen LogP contribution in [0.15, 0.2) is 24.3 Å². The summed E-state index contributed by atoms with van der Waals surface area (Å²) in [5.74, 6) is 0.680. The number of amides is 1. The Morgan fingerprint density at radius 3 is 2.19 bits per heavy atom. The van der Waals surface area contributed by atoms with Crippen molar-refractivity contribution in [2.75, 3.05) is 0 Å². The van der Waals surface area contributed by atoms with E-state index in [9.17, 15) is 4.79 Å². The largest absolute Gasteiger partial charge is 0.352 e. The monoisotopic (exact) mass is 219 g/mol. The molecule has 0 heterocycles. The van der Waals surface area contributed by atoms with E-state index in [2.05, 4.69) is 43.4 Å². The van der Waals surface area contributed by atoms with Gasteiger partial charge in [-0.15, -0.1) is 0 Å². The second-order valence-corrected chi connectivity index (χ2v) is 4.16. The molecule has 0 bridgehead atoms. The highest BCUT2D eigenvalue weighted by Crippen LogP contribution is 2.22. The Hall–Kier alpha value is -1.31. The summed E-state index contributed by atoms with van der Waals surface area (Å²) in [7, 11) is 0. The van der Waals surface area contributed by atoms with Gasteiger partial charge in [0, 0.05) is 13.5 Å². The molecule has 0 unspecified atom stereocenters. The van der Waals surface area contributed by atoms with E-state index < -0.39 is 0 Å². The average Bonchev–Trinajstić information content (AvgIpc) is 2.29. The Morgan fingerprint density at radius 1 is 1.19 bits per heavy atom. The van der Waals surface area contributed by atoms with E-state index in [4.69, 9.17) is 0 Å². The molecule has 1 N–H and O–H groups in total. The lowest BCUT2D eigenvalue weighted by Crippen LogP contribution is -2.18. The zero-order chi connectivity index (χ0) is 12.0. The summed E-state index contributed by atoms with van der Waals surface area (Å²) in [6.07, 6.45) is 2.36. The molecule has 0 saturated carbocycles. The van der Waals surface area contributed by atoms with Crippen LogP contribution in [-0.4, -0.2) is 5.91 Å². The number of benzene rings is 1. The third kappa shape index (κ3) is 3.69. The molecule has 16 heavy (non-hydrogen) atoms. The zero-order valence-electron chi connectivity index (χ0n) is 10.4. The molecule has 1 rings (SSSR count). The van der Waals surface area contributed by atoms with E-state index in [1.807, 2.05) is 0 Å². The summed E-state index contributed by atoms with van der Waals surface area (Å²) in [6.45, 7) is 6.61. The van der Waals surface area contributed by atoms with E-state index in [1.54, 1.807) is 6.92 Å². The van der Waals surface area contributed by atoms with E-state index in [1.165, 1.54) is 18.4 Å². The molecule has 1 aromatic rings. The second-order valence-electron chi connectivity index (χ2n) is 4.16. The van der Waals surface area contributed by atoms with Crippen molar-refractivity contribution in [2.45, 2.75) is 46.1 Å². The van der Waals surface area contributed by atoms with Gasteiger partial charge in [-0.1, -0.05) is 38.1 Å². The molecular weight excluding hydrogens is 198 g/mol. The molecule has 0 aliphatic rings. The van der Waals surface area contributed by atoms with Crippen molar-refractivity contribution in [3.63, 3.8) is 0 Å². The van der Waals surface area contributed by atoms with Crippen LogP contribution in [0.4, 0.5) is 0 Å². The van der Waals surface area contributed by atoms with Crippen molar-refractivity contribution < 1.29 is 4.79 Å². The molecule has 0 aliphatic heterocycles. The van der Waals surface area contributed by atoms with Crippen LogP contribution in [-0.2, 0) is 11.3 Å². The Balaban J connectivity index is 2.63. The first-order valence-electron chi connectivity index (χ1n) is 6.00. The number of hydrogen-bond donors (Lipinski definition) is 1. The first-order valence-corrected chi connectivity index (χ1v) is 6.00. The van der Waals surface area contributed by atoms with Crippen LogP contribution in [0.3, 0.4) is 0 Å². The van der Waals surface area contributed by atoms with Gasteiger partial charge in [0.1, 0.15) is 0 Å².